The molecule has 0 aliphatic heterocycles. The minimum atomic E-state index is 0. The third-order valence-corrected chi connectivity index (χ3v) is 8.53. The Morgan fingerprint density at radius 2 is 1.17 bits per heavy atom. The van der Waals surface area contributed by atoms with Crippen LogP contribution in [0.15, 0.2) is 123 Å². The van der Waals surface area contributed by atoms with Gasteiger partial charge in [0.05, 0.1) is 15.1 Å². The molecule has 184 valence electrons. The van der Waals surface area contributed by atoms with Gasteiger partial charge in [-0.2, -0.15) is 0 Å². The van der Waals surface area contributed by atoms with Crippen molar-refractivity contribution in [3.63, 3.8) is 0 Å². The summed E-state index contributed by atoms with van der Waals surface area (Å²) in [5.74, 6) is 0. The molecule has 0 aliphatic carbocycles. The van der Waals surface area contributed by atoms with Gasteiger partial charge in [0.2, 0.25) is 0 Å². The predicted molar refractivity (Wildman–Crippen MR) is 163 cm³/mol. The topological polar surface area (TPSA) is 52.0 Å². The highest BCUT2D eigenvalue weighted by atomic mass is 35.5. The lowest BCUT2D eigenvalue weighted by molar-refractivity contribution is 1.41. The van der Waals surface area contributed by atoms with Crippen molar-refractivity contribution in [3.05, 3.63) is 118 Å². The Kier molecular flexibility index (Phi) is 10.6. The van der Waals surface area contributed by atoms with Crippen LogP contribution < -0.4 is 11.5 Å². The van der Waals surface area contributed by atoms with Gasteiger partial charge in [-0.05, 0) is 71.4 Å². The van der Waals surface area contributed by atoms with E-state index in [1.54, 1.807) is 35.7 Å². The van der Waals surface area contributed by atoms with Crippen molar-refractivity contribution < 1.29 is 0 Å². The summed E-state index contributed by atoms with van der Waals surface area (Å²) in [6.45, 7) is 0. The standard InChI is InChI=1S/C16H12ClNS.C12H9Cl2NS.ClH/c17-14-10-12(18)8-9-16(14)19-15-7-3-5-11-4-1-2-6-13(11)15;13-10-2-1-3-11(12(10)14)16-9-6-4-8(15)5-7-9;/h1-10H,18H2;1-7H,15H2;1H. The smallest absolute Gasteiger partial charge is 0.0731 e. The molecule has 4 N–H and O–H groups in total. The lowest BCUT2D eigenvalue weighted by Crippen LogP contribution is -1.85. The van der Waals surface area contributed by atoms with Crippen LogP contribution in [0.2, 0.25) is 15.1 Å². The molecule has 5 aromatic rings. The van der Waals surface area contributed by atoms with E-state index in [-0.39, 0.29) is 12.4 Å². The summed E-state index contributed by atoms with van der Waals surface area (Å²) in [5, 5.41) is 4.33. The van der Waals surface area contributed by atoms with E-state index in [1.165, 1.54) is 15.7 Å². The van der Waals surface area contributed by atoms with Gasteiger partial charge >= 0.3 is 0 Å². The minimum absolute atomic E-state index is 0. The van der Waals surface area contributed by atoms with Crippen LogP contribution in [0.4, 0.5) is 11.4 Å². The Balaban J connectivity index is 0.000000198. The number of hydrogen-bond donors (Lipinski definition) is 2. The zero-order valence-electron chi connectivity index (χ0n) is 18.8. The van der Waals surface area contributed by atoms with Gasteiger partial charge in [0.15, 0.2) is 0 Å². The van der Waals surface area contributed by atoms with Gasteiger partial charge in [0.1, 0.15) is 0 Å². The Morgan fingerprint density at radius 3 is 1.92 bits per heavy atom. The zero-order valence-corrected chi connectivity index (χ0v) is 23.5. The fraction of sp³-hybridized carbons (Fsp3) is 0. The SMILES string of the molecule is Cl.Nc1ccc(Sc2cccc(Cl)c2Cl)cc1.Nc1ccc(Sc2cccc3ccccc23)c(Cl)c1. The van der Waals surface area contributed by atoms with Crippen LogP contribution in [-0.4, -0.2) is 0 Å². The second kappa shape index (κ2) is 13.4. The van der Waals surface area contributed by atoms with Crippen LogP contribution in [0.25, 0.3) is 10.8 Å². The first-order valence-corrected chi connectivity index (χ1v) is 13.4. The van der Waals surface area contributed by atoms with E-state index in [0.29, 0.717) is 20.8 Å². The molecule has 0 radical (unpaired) electrons. The van der Waals surface area contributed by atoms with E-state index in [1.807, 2.05) is 54.6 Å². The summed E-state index contributed by atoms with van der Waals surface area (Å²) in [6.07, 6.45) is 0. The summed E-state index contributed by atoms with van der Waals surface area (Å²) in [4.78, 5) is 4.24. The van der Waals surface area contributed by atoms with Crippen molar-refractivity contribution in [3.8, 4) is 0 Å². The molecule has 0 aromatic heterocycles. The molecular formula is C28H22Cl4N2S2. The van der Waals surface area contributed by atoms with Gasteiger partial charge < -0.3 is 11.5 Å². The molecule has 2 nitrogen and oxygen atoms in total. The van der Waals surface area contributed by atoms with Crippen molar-refractivity contribution in [1.29, 1.82) is 0 Å². The van der Waals surface area contributed by atoms with E-state index < -0.39 is 0 Å². The maximum atomic E-state index is 6.23. The molecule has 0 amide bonds. The summed E-state index contributed by atoms with van der Waals surface area (Å²) >= 11 is 21.5. The van der Waals surface area contributed by atoms with Gasteiger partial charge in [-0.15, -0.1) is 12.4 Å². The van der Waals surface area contributed by atoms with E-state index >= 15 is 0 Å². The zero-order chi connectivity index (χ0) is 24.8. The fourth-order valence-electron chi connectivity index (χ4n) is 3.23. The van der Waals surface area contributed by atoms with Crippen LogP contribution in [-0.2, 0) is 0 Å². The molecule has 0 saturated carbocycles. The molecule has 5 rings (SSSR count). The molecule has 0 aliphatic rings. The number of hydrogen-bond acceptors (Lipinski definition) is 4. The maximum Gasteiger partial charge on any atom is 0.0731 e. The first kappa shape index (κ1) is 28.4. The van der Waals surface area contributed by atoms with Crippen molar-refractivity contribution in [1.82, 2.24) is 0 Å². The fourth-order valence-corrected chi connectivity index (χ4v) is 5.85. The van der Waals surface area contributed by atoms with Gasteiger partial charge in [-0.25, -0.2) is 0 Å². The molecule has 36 heavy (non-hydrogen) atoms. The van der Waals surface area contributed by atoms with Crippen LogP contribution in [0.5, 0.6) is 0 Å². The normalized spacial score (nSPS) is 10.3. The third-order valence-electron chi connectivity index (χ3n) is 4.95. The van der Waals surface area contributed by atoms with Crippen LogP contribution >= 0.6 is 70.7 Å². The molecule has 0 bridgehead atoms. The van der Waals surface area contributed by atoms with E-state index in [9.17, 15) is 0 Å². The predicted octanol–water partition coefficient (Wildman–Crippen LogP) is 10.4. The number of rotatable bonds is 4. The Hall–Kier alpha value is -2.18. The maximum absolute atomic E-state index is 6.23. The van der Waals surface area contributed by atoms with Gasteiger partial charge in [-0.3, -0.25) is 0 Å². The van der Waals surface area contributed by atoms with Gasteiger partial charge in [0, 0.05) is 31.0 Å². The first-order chi connectivity index (χ1) is 16.9. The lowest BCUT2D eigenvalue weighted by atomic mass is 10.1. The van der Waals surface area contributed by atoms with Crippen LogP contribution in [0, 0.1) is 0 Å². The second-order valence-corrected chi connectivity index (χ2v) is 10.9. The molecule has 0 saturated heterocycles. The molecule has 8 heteroatoms. The molecule has 0 fully saturated rings. The summed E-state index contributed by atoms with van der Waals surface area (Å²) in [5.41, 5.74) is 12.8. The third kappa shape index (κ3) is 7.42. The van der Waals surface area contributed by atoms with Crippen molar-refractivity contribution in [2.75, 3.05) is 11.5 Å². The average molecular weight is 592 g/mol. The quantitative estimate of drug-likeness (QED) is 0.204. The number of nitrogens with two attached hydrogens (primary N) is 2. The lowest BCUT2D eigenvalue weighted by Gasteiger charge is -2.08. The molecular weight excluding hydrogens is 570 g/mol. The first-order valence-electron chi connectivity index (χ1n) is 10.6. The van der Waals surface area contributed by atoms with Crippen LogP contribution in [0.3, 0.4) is 0 Å². The number of benzene rings is 5. The van der Waals surface area contributed by atoms with Crippen molar-refractivity contribution in [2.45, 2.75) is 19.6 Å². The molecule has 5 aromatic carbocycles. The van der Waals surface area contributed by atoms with E-state index in [2.05, 4.69) is 36.4 Å². The highest BCUT2D eigenvalue weighted by molar-refractivity contribution is 7.99. The van der Waals surface area contributed by atoms with E-state index in [4.69, 9.17) is 46.3 Å². The monoisotopic (exact) mass is 590 g/mol. The van der Waals surface area contributed by atoms with Crippen molar-refractivity contribution >= 4 is 92.9 Å². The average Bonchev–Trinajstić information content (AvgIpc) is 2.86. The van der Waals surface area contributed by atoms with E-state index in [0.717, 1.165) is 20.4 Å². The van der Waals surface area contributed by atoms with Gasteiger partial charge in [0.25, 0.3) is 0 Å². The van der Waals surface area contributed by atoms with Crippen molar-refractivity contribution in [2.24, 2.45) is 0 Å². The highest BCUT2D eigenvalue weighted by Crippen LogP contribution is 2.38. The molecule has 0 atom stereocenters. The molecule has 0 spiro atoms. The summed E-state index contributed by atoms with van der Waals surface area (Å²) in [6, 6.07) is 33.5. The highest BCUT2D eigenvalue weighted by Gasteiger charge is 2.07. The Morgan fingerprint density at radius 1 is 0.528 bits per heavy atom. The second-order valence-electron chi connectivity index (χ2n) is 7.49. The minimum Gasteiger partial charge on any atom is -0.399 e. The molecule has 0 heterocycles. The number of halogens is 4. The Bertz CT molecular complexity index is 1460. The number of anilines is 2. The number of nitrogen functional groups attached to an aromatic ring is 2. The van der Waals surface area contributed by atoms with Crippen LogP contribution in [0.1, 0.15) is 0 Å². The summed E-state index contributed by atoms with van der Waals surface area (Å²) < 4.78 is 0. The summed E-state index contributed by atoms with van der Waals surface area (Å²) in [7, 11) is 0. The molecule has 0 unspecified atom stereocenters. The van der Waals surface area contributed by atoms with Gasteiger partial charge in [-0.1, -0.05) is 101 Å². The largest absolute Gasteiger partial charge is 0.399 e. The Labute approximate surface area is 240 Å². The number of fused-ring (bicyclic) bond motifs is 1.